The fraction of sp³-hybridized carbons (Fsp3) is 0.808. The Hall–Kier alpha value is -2.25. The Morgan fingerprint density at radius 1 is 0.971 bits per heavy atom. The molecule has 0 saturated heterocycles. The summed E-state index contributed by atoms with van der Waals surface area (Å²) in [5.74, 6) is 2.79. The maximum Gasteiger partial charge on any atom is 0.306 e. The van der Waals surface area contributed by atoms with Gasteiger partial charge in [0.05, 0.1) is 23.7 Å². The molecule has 2 heterocycles. The Labute approximate surface area is 204 Å². The van der Waals surface area contributed by atoms with Gasteiger partial charge >= 0.3 is 5.97 Å². The topological polar surface area (TPSA) is 87.7 Å². The molecule has 0 amide bonds. The lowest BCUT2D eigenvalue weighted by Crippen LogP contribution is -2.11. The van der Waals surface area contributed by atoms with Crippen molar-refractivity contribution in [1.82, 2.24) is 30.0 Å². The highest BCUT2D eigenvalue weighted by Gasteiger charge is 2.50. The molecule has 0 bridgehead atoms. The van der Waals surface area contributed by atoms with Crippen LogP contribution in [-0.4, -0.2) is 42.6 Å². The Bertz CT molecular complexity index is 907. The largest absolute Gasteiger partial charge is 0.465 e. The molecule has 1 unspecified atom stereocenters. The lowest BCUT2D eigenvalue weighted by atomic mass is 10.0. The monoisotopic (exact) mass is 472 g/mol. The summed E-state index contributed by atoms with van der Waals surface area (Å²) in [6, 6.07) is 0.781. The fourth-order valence-electron chi connectivity index (χ4n) is 4.84. The van der Waals surface area contributed by atoms with Crippen LogP contribution in [0.3, 0.4) is 0 Å². The van der Waals surface area contributed by atoms with Gasteiger partial charge in [-0.05, 0) is 83.0 Å². The number of fused-ring (bicyclic) bond motifs is 2. The molecule has 190 valence electrons. The molecular formula is C26H44N6O2. The first-order chi connectivity index (χ1) is 16.1. The Kier molecular flexibility index (Phi) is 8.88. The second kappa shape index (κ2) is 11.5. The molecule has 8 nitrogen and oxygen atoms in total. The molecule has 34 heavy (non-hydrogen) atoms. The molecule has 3 atom stereocenters. The number of nitrogens with zero attached hydrogens (tertiary/aromatic N) is 6. The van der Waals surface area contributed by atoms with E-state index in [0.717, 1.165) is 25.0 Å². The van der Waals surface area contributed by atoms with Crippen molar-refractivity contribution >= 4 is 5.97 Å². The molecule has 0 radical (unpaired) electrons. The minimum absolute atomic E-state index is 0.0420. The number of ether oxygens (including phenoxy) is 1. The number of carbonyl (C=O) groups is 1. The predicted octanol–water partition coefficient (Wildman–Crippen LogP) is 5.17. The fourth-order valence-corrected chi connectivity index (χ4v) is 4.84. The van der Waals surface area contributed by atoms with Gasteiger partial charge in [0, 0.05) is 24.7 Å². The summed E-state index contributed by atoms with van der Waals surface area (Å²) >= 11 is 0. The van der Waals surface area contributed by atoms with Crippen molar-refractivity contribution in [3.63, 3.8) is 0 Å². The SMILES string of the molecule is CC(C)CC(=O)OCC1[C@H]2CCc3nnn(C(C)C)c3CC[C@@H]12.CC(C)c1cn(C(C)C)nn1. The zero-order chi connectivity index (χ0) is 25.0. The van der Waals surface area contributed by atoms with Crippen LogP contribution in [0.5, 0.6) is 0 Å². The van der Waals surface area contributed by atoms with E-state index in [-0.39, 0.29) is 5.97 Å². The van der Waals surface area contributed by atoms with Gasteiger partial charge in [-0.3, -0.25) is 4.79 Å². The first kappa shape index (κ1) is 26.4. The lowest BCUT2D eigenvalue weighted by Gasteiger charge is -2.12. The molecule has 1 saturated carbocycles. The van der Waals surface area contributed by atoms with E-state index >= 15 is 0 Å². The molecule has 0 spiro atoms. The number of hydrogen-bond donors (Lipinski definition) is 0. The van der Waals surface area contributed by atoms with Crippen molar-refractivity contribution in [2.75, 3.05) is 6.61 Å². The van der Waals surface area contributed by atoms with Crippen molar-refractivity contribution in [3.05, 3.63) is 23.3 Å². The van der Waals surface area contributed by atoms with Gasteiger partial charge in [-0.15, -0.1) is 10.2 Å². The van der Waals surface area contributed by atoms with Crippen LogP contribution in [0.1, 0.15) is 110 Å². The molecule has 0 aliphatic heterocycles. The first-order valence-electron chi connectivity index (χ1n) is 13.1. The summed E-state index contributed by atoms with van der Waals surface area (Å²) in [7, 11) is 0. The summed E-state index contributed by atoms with van der Waals surface area (Å²) < 4.78 is 9.46. The number of aromatic nitrogens is 6. The standard InChI is InChI=1S/C18H29N3O2.C8H15N3/c1-11(2)9-18(22)23-10-15-13-5-7-16-17(8-6-14(13)15)21(12(3)4)20-19-16;1-6(2)8-5-11(7(3)4)10-9-8/h11-15H,5-10H2,1-4H3;5-7H,1-4H3/t13-,14+,15?;/m0./s1. The van der Waals surface area contributed by atoms with Crippen LogP contribution in [-0.2, 0) is 22.4 Å². The number of rotatable bonds is 7. The number of aryl methyl sites for hydroxylation is 1. The van der Waals surface area contributed by atoms with Crippen LogP contribution in [0.2, 0.25) is 0 Å². The minimum atomic E-state index is -0.0420. The highest BCUT2D eigenvalue weighted by molar-refractivity contribution is 5.69. The predicted molar refractivity (Wildman–Crippen MR) is 132 cm³/mol. The van der Waals surface area contributed by atoms with E-state index < -0.39 is 0 Å². The van der Waals surface area contributed by atoms with Crippen LogP contribution in [0, 0.1) is 23.7 Å². The maximum atomic E-state index is 11.7. The van der Waals surface area contributed by atoms with Crippen molar-refractivity contribution in [3.8, 4) is 0 Å². The van der Waals surface area contributed by atoms with Crippen LogP contribution in [0.25, 0.3) is 0 Å². The lowest BCUT2D eigenvalue weighted by molar-refractivity contribution is -0.145. The summed E-state index contributed by atoms with van der Waals surface area (Å²) in [4.78, 5) is 11.7. The maximum absolute atomic E-state index is 11.7. The zero-order valence-corrected chi connectivity index (χ0v) is 22.4. The van der Waals surface area contributed by atoms with Crippen molar-refractivity contribution in [1.29, 1.82) is 0 Å². The average Bonchev–Trinajstić information content (AvgIpc) is 3.10. The van der Waals surface area contributed by atoms with Gasteiger partial charge in [-0.25, -0.2) is 9.36 Å². The first-order valence-corrected chi connectivity index (χ1v) is 13.1. The molecule has 0 N–H and O–H groups in total. The third-order valence-electron chi connectivity index (χ3n) is 6.96. The quantitative estimate of drug-likeness (QED) is 0.517. The third kappa shape index (κ3) is 6.66. The van der Waals surface area contributed by atoms with Crippen molar-refractivity contribution < 1.29 is 9.53 Å². The van der Waals surface area contributed by atoms with Gasteiger partial charge in [0.15, 0.2) is 0 Å². The molecule has 0 aromatic carbocycles. The smallest absolute Gasteiger partial charge is 0.306 e. The zero-order valence-electron chi connectivity index (χ0n) is 22.4. The third-order valence-corrected chi connectivity index (χ3v) is 6.96. The van der Waals surface area contributed by atoms with Gasteiger partial charge < -0.3 is 4.74 Å². The minimum Gasteiger partial charge on any atom is -0.465 e. The second-order valence-electron chi connectivity index (χ2n) is 11.2. The summed E-state index contributed by atoms with van der Waals surface area (Å²) in [5.41, 5.74) is 3.57. The van der Waals surface area contributed by atoms with E-state index in [1.807, 2.05) is 10.9 Å². The summed E-state index contributed by atoms with van der Waals surface area (Å²) in [6.07, 6.45) is 6.93. The molecule has 2 aliphatic carbocycles. The highest BCUT2D eigenvalue weighted by Crippen LogP contribution is 2.53. The van der Waals surface area contributed by atoms with Crippen LogP contribution >= 0.6 is 0 Å². The average molecular weight is 473 g/mol. The number of carbonyl (C=O) groups excluding carboxylic acids is 1. The molecule has 2 aromatic rings. The Morgan fingerprint density at radius 2 is 1.65 bits per heavy atom. The molecule has 2 aromatic heterocycles. The van der Waals surface area contributed by atoms with E-state index in [1.54, 1.807) is 0 Å². The van der Waals surface area contributed by atoms with Crippen molar-refractivity contribution in [2.24, 2.45) is 23.7 Å². The Morgan fingerprint density at radius 3 is 2.18 bits per heavy atom. The summed E-state index contributed by atoms with van der Waals surface area (Å²) in [5, 5.41) is 16.8. The highest BCUT2D eigenvalue weighted by atomic mass is 16.5. The van der Waals surface area contributed by atoms with Crippen molar-refractivity contribution in [2.45, 2.75) is 105 Å². The van der Waals surface area contributed by atoms with E-state index in [9.17, 15) is 4.79 Å². The van der Waals surface area contributed by atoms with Crippen LogP contribution < -0.4 is 0 Å². The van der Waals surface area contributed by atoms with E-state index in [4.69, 9.17) is 4.74 Å². The molecule has 8 heteroatoms. The van der Waals surface area contributed by atoms with Crippen LogP contribution in [0.15, 0.2) is 6.20 Å². The van der Waals surface area contributed by atoms with Gasteiger partial charge in [0.2, 0.25) is 0 Å². The second-order valence-corrected chi connectivity index (χ2v) is 11.2. The van der Waals surface area contributed by atoms with Gasteiger partial charge in [-0.2, -0.15) is 0 Å². The Balaban J connectivity index is 0.000000248. The van der Waals surface area contributed by atoms with Crippen LogP contribution in [0.4, 0.5) is 0 Å². The molecule has 1 fully saturated rings. The van der Waals surface area contributed by atoms with E-state index in [1.165, 1.54) is 17.8 Å². The van der Waals surface area contributed by atoms with Gasteiger partial charge in [0.25, 0.3) is 0 Å². The number of hydrogen-bond acceptors (Lipinski definition) is 6. The molecule has 2 aliphatic rings. The van der Waals surface area contributed by atoms with E-state index in [0.29, 0.717) is 54.7 Å². The normalized spacial score (nSPS) is 21.6. The summed E-state index contributed by atoms with van der Waals surface area (Å²) in [6.45, 7) is 17.5. The number of esters is 1. The molecular weight excluding hydrogens is 428 g/mol. The molecule has 4 rings (SSSR count). The van der Waals surface area contributed by atoms with Gasteiger partial charge in [0.1, 0.15) is 0 Å². The van der Waals surface area contributed by atoms with Gasteiger partial charge in [-0.1, -0.05) is 38.1 Å². The van der Waals surface area contributed by atoms with E-state index in [2.05, 4.69) is 80.7 Å².